The van der Waals surface area contributed by atoms with Gasteiger partial charge in [0.05, 0.1) is 11.5 Å². The average Bonchev–Trinajstić information content (AvgIpc) is 2.68. The van der Waals surface area contributed by atoms with E-state index in [4.69, 9.17) is 4.74 Å². The van der Waals surface area contributed by atoms with Gasteiger partial charge in [-0.15, -0.1) is 0 Å². The number of likely N-dealkylation sites (tertiary alicyclic amines) is 1. The Bertz CT molecular complexity index is 312. The molecule has 4 nitrogen and oxygen atoms in total. The molecule has 0 aromatic heterocycles. The minimum Gasteiger partial charge on any atom is -0.481 e. The number of nitrogens with zero attached hydrogens (tertiary/aromatic N) is 1. The smallest absolute Gasteiger partial charge is 0.311 e. The van der Waals surface area contributed by atoms with Crippen LogP contribution in [0.15, 0.2) is 0 Å². The summed E-state index contributed by atoms with van der Waals surface area (Å²) >= 11 is 0. The molecule has 1 saturated heterocycles. The van der Waals surface area contributed by atoms with Gasteiger partial charge in [0.25, 0.3) is 0 Å². The number of carboxylic acid groups (broad SMARTS) is 1. The number of aliphatic carboxylic acids is 1. The minimum absolute atomic E-state index is 0.197. The van der Waals surface area contributed by atoms with Gasteiger partial charge in [-0.2, -0.15) is 0 Å². The van der Waals surface area contributed by atoms with Crippen molar-refractivity contribution in [2.24, 2.45) is 11.3 Å². The topological polar surface area (TPSA) is 49.8 Å². The van der Waals surface area contributed by atoms with Crippen molar-refractivity contribution in [1.29, 1.82) is 0 Å². The molecule has 0 bridgehead atoms. The molecule has 1 saturated carbocycles. The Hall–Kier alpha value is -0.610. The summed E-state index contributed by atoms with van der Waals surface area (Å²) in [6, 6.07) is 0.543. The van der Waals surface area contributed by atoms with Crippen LogP contribution in [0.2, 0.25) is 0 Å². The highest BCUT2D eigenvalue weighted by molar-refractivity contribution is 5.75. The summed E-state index contributed by atoms with van der Waals surface area (Å²) in [4.78, 5) is 13.9. The van der Waals surface area contributed by atoms with Crippen LogP contribution in [-0.4, -0.2) is 47.8 Å². The van der Waals surface area contributed by atoms with E-state index in [0.29, 0.717) is 18.7 Å². The fourth-order valence-electron chi connectivity index (χ4n) is 3.28. The van der Waals surface area contributed by atoms with E-state index in [0.717, 1.165) is 32.4 Å². The van der Waals surface area contributed by atoms with Crippen molar-refractivity contribution in [3.05, 3.63) is 0 Å². The molecule has 104 valence electrons. The van der Waals surface area contributed by atoms with Crippen LogP contribution in [0.25, 0.3) is 0 Å². The number of hydrogen-bond acceptors (Lipinski definition) is 3. The van der Waals surface area contributed by atoms with Crippen LogP contribution in [0.5, 0.6) is 0 Å². The zero-order chi connectivity index (χ0) is 13.3. The van der Waals surface area contributed by atoms with Gasteiger partial charge in [0.2, 0.25) is 0 Å². The lowest BCUT2D eigenvalue weighted by Gasteiger charge is -2.41. The maximum Gasteiger partial charge on any atom is 0.311 e. The van der Waals surface area contributed by atoms with Gasteiger partial charge in [-0.25, -0.2) is 0 Å². The molecule has 0 amide bonds. The zero-order valence-corrected chi connectivity index (χ0v) is 11.7. The van der Waals surface area contributed by atoms with Crippen molar-refractivity contribution in [2.75, 3.05) is 19.7 Å². The van der Waals surface area contributed by atoms with Crippen LogP contribution < -0.4 is 0 Å². The quantitative estimate of drug-likeness (QED) is 0.816. The van der Waals surface area contributed by atoms with E-state index in [1.165, 1.54) is 0 Å². The molecule has 2 aliphatic rings. The second kappa shape index (κ2) is 5.17. The zero-order valence-electron chi connectivity index (χ0n) is 11.7. The van der Waals surface area contributed by atoms with Crippen molar-refractivity contribution < 1.29 is 14.6 Å². The van der Waals surface area contributed by atoms with Gasteiger partial charge >= 0.3 is 5.97 Å². The minimum atomic E-state index is -0.624. The van der Waals surface area contributed by atoms with Crippen LogP contribution in [0.3, 0.4) is 0 Å². The number of hydrogen-bond donors (Lipinski definition) is 1. The van der Waals surface area contributed by atoms with E-state index in [2.05, 4.69) is 4.90 Å². The van der Waals surface area contributed by atoms with Gasteiger partial charge in [-0.1, -0.05) is 13.8 Å². The average molecular weight is 255 g/mol. The number of rotatable bonds is 5. The predicted octanol–water partition coefficient (Wildman–Crippen LogP) is 1.99. The van der Waals surface area contributed by atoms with Gasteiger partial charge < -0.3 is 9.84 Å². The summed E-state index contributed by atoms with van der Waals surface area (Å²) in [7, 11) is 0. The SMILES string of the molecule is CCOC1CC(N2CCC(C(=O)O)(C(C)C)C2)C1. The van der Waals surface area contributed by atoms with Gasteiger partial charge in [0.15, 0.2) is 0 Å². The standard InChI is InChI=1S/C14H25NO3/c1-4-18-12-7-11(8-12)15-6-5-14(9-15,10(2)3)13(16)17/h10-12H,4-9H2,1-3H3,(H,16,17). The highest BCUT2D eigenvalue weighted by Crippen LogP contribution is 2.42. The van der Waals surface area contributed by atoms with Crippen LogP contribution in [0, 0.1) is 11.3 Å². The summed E-state index contributed by atoms with van der Waals surface area (Å²) < 4.78 is 5.57. The van der Waals surface area contributed by atoms with E-state index in [-0.39, 0.29) is 5.92 Å². The van der Waals surface area contributed by atoms with Crippen LogP contribution in [0.4, 0.5) is 0 Å². The molecule has 2 rings (SSSR count). The molecule has 0 aromatic rings. The van der Waals surface area contributed by atoms with Gasteiger partial charge in [0.1, 0.15) is 0 Å². The van der Waals surface area contributed by atoms with Gasteiger partial charge in [-0.05, 0) is 38.6 Å². The first-order valence-corrected chi connectivity index (χ1v) is 7.08. The molecule has 4 heteroatoms. The lowest BCUT2D eigenvalue weighted by molar-refractivity contribution is -0.151. The Morgan fingerprint density at radius 1 is 1.50 bits per heavy atom. The van der Waals surface area contributed by atoms with Crippen molar-refractivity contribution in [2.45, 2.75) is 52.2 Å². The van der Waals surface area contributed by atoms with Crippen molar-refractivity contribution in [3.63, 3.8) is 0 Å². The van der Waals surface area contributed by atoms with E-state index in [1.54, 1.807) is 0 Å². The first-order valence-electron chi connectivity index (χ1n) is 7.08. The Morgan fingerprint density at radius 2 is 2.17 bits per heavy atom. The van der Waals surface area contributed by atoms with Gasteiger partial charge in [-0.3, -0.25) is 9.69 Å². The predicted molar refractivity (Wildman–Crippen MR) is 69.5 cm³/mol. The van der Waals surface area contributed by atoms with Crippen LogP contribution >= 0.6 is 0 Å². The molecule has 1 aliphatic carbocycles. The first-order chi connectivity index (χ1) is 8.49. The van der Waals surface area contributed by atoms with E-state index >= 15 is 0 Å². The second-order valence-electron chi connectivity index (χ2n) is 6.04. The molecule has 0 radical (unpaired) electrons. The fourth-order valence-corrected chi connectivity index (χ4v) is 3.28. The summed E-state index contributed by atoms with van der Waals surface area (Å²) in [6.07, 6.45) is 3.33. The Morgan fingerprint density at radius 3 is 2.61 bits per heavy atom. The molecule has 1 atom stereocenters. The van der Waals surface area contributed by atoms with Gasteiger partial charge in [0, 0.05) is 19.2 Å². The van der Waals surface area contributed by atoms with Crippen LogP contribution in [-0.2, 0) is 9.53 Å². The number of ether oxygens (including phenoxy) is 1. The molecule has 2 fully saturated rings. The monoisotopic (exact) mass is 255 g/mol. The summed E-state index contributed by atoms with van der Waals surface area (Å²) in [6.45, 7) is 8.50. The molecule has 0 spiro atoms. The van der Waals surface area contributed by atoms with Crippen molar-refractivity contribution in [3.8, 4) is 0 Å². The Labute approximate surface area is 109 Å². The molecule has 1 N–H and O–H groups in total. The highest BCUT2D eigenvalue weighted by Gasteiger charge is 2.50. The Kier molecular flexibility index (Phi) is 3.97. The normalized spacial score (nSPS) is 36.9. The van der Waals surface area contributed by atoms with Crippen molar-refractivity contribution in [1.82, 2.24) is 4.90 Å². The maximum absolute atomic E-state index is 11.6. The first kappa shape index (κ1) is 13.8. The summed E-state index contributed by atoms with van der Waals surface area (Å²) in [5.74, 6) is -0.427. The lowest BCUT2D eigenvalue weighted by Crippen LogP contribution is -2.49. The molecular weight excluding hydrogens is 230 g/mol. The fraction of sp³-hybridized carbons (Fsp3) is 0.929. The van der Waals surface area contributed by atoms with Crippen LogP contribution in [0.1, 0.15) is 40.0 Å². The second-order valence-corrected chi connectivity index (χ2v) is 6.04. The summed E-state index contributed by atoms with van der Waals surface area (Å²) in [5, 5.41) is 9.51. The third kappa shape index (κ3) is 2.28. The Balaban J connectivity index is 1.90. The van der Waals surface area contributed by atoms with E-state index in [1.807, 2.05) is 20.8 Å². The largest absolute Gasteiger partial charge is 0.481 e. The maximum atomic E-state index is 11.6. The lowest BCUT2D eigenvalue weighted by atomic mass is 9.76. The third-order valence-electron chi connectivity index (χ3n) is 4.85. The highest BCUT2D eigenvalue weighted by atomic mass is 16.5. The van der Waals surface area contributed by atoms with E-state index in [9.17, 15) is 9.90 Å². The summed E-state index contributed by atoms with van der Waals surface area (Å²) in [5.41, 5.74) is -0.531. The van der Waals surface area contributed by atoms with Crippen molar-refractivity contribution >= 4 is 5.97 Å². The van der Waals surface area contributed by atoms with E-state index < -0.39 is 11.4 Å². The number of carboxylic acids is 1. The third-order valence-corrected chi connectivity index (χ3v) is 4.85. The molecule has 18 heavy (non-hydrogen) atoms. The molecule has 0 aromatic carbocycles. The molecule has 1 heterocycles. The molecule has 1 aliphatic heterocycles. The number of carbonyl (C=O) groups is 1. The molecular formula is C14H25NO3. The molecule has 1 unspecified atom stereocenters.